The molecule has 0 bridgehead atoms. The quantitative estimate of drug-likeness (QED) is 0.666. The summed E-state index contributed by atoms with van der Waals surface area (Å²) in [5.74, 6) is 0.275. The smallest absolute Gasteiger partial charge is 0.173 e. The number of hydrogen-bond donors (Lipinski definition) is 1. The summed E-state index contributed by atoms with van der Waals surface area (Å²) in [4.78, 5) is 13.4. The lowest BCUT2D eigenvalue weighted by molar-refractivity contribution is -0.120. The first kappa shape index (κ1) is 18.1. The van der Waals surface area contributed by atoms with Crippen LogP contribution in [-0.2, 0) is 4.79 Å². The largest absolute Gasteiger partial charge is 0.393 e. The fourth-order valence-corrected chi connectivity index (χ4v) is 6.27. The Hall–Kier alpha value is -2.00. The minimum Gasteiger partial charge on any atom is -0.393 e. The van der Waals surface area contributed by atoms with Gasteiger partial charge in [-0.25, -0.2) is 4.39 Å². The minimum absolute atomic E-state index is 0.0969. The van der Waals surface area contributed by atoms with Crippen molar-refractivity contribution in [3.05, 3.63) is 64.5 Å². The summed E-state index contributed by atoms with van der Waals surface area (Å²) in [6, 6.07) is 6.39. The monoisotopic (exact) mass is 378 g/mol. The maximum absolute atomic E-state index is 13.8. The SMILES string of the molecule is C[C@]12CC[C@H]3C(=C1C=C(c1cccc(F)c1)C2=O)CC=C1C[C@@H](O)CC[C@@]13C. The van der Waals surface area contributed by atoms with Gasteiger partial charge in [-0.15, -0.1) is 0 Å². The molecule has 0 aliphatic heterocycles. The van der Waals surface area contributed by atoms with Gasteiger partial charge in [-0.2, -0.15) is 0 Å². The summed E-state index contributed by atoms with van der Waals surface area (Å²) in [6.45, 7) is 4.43. The van der Waals surface area contributed by atoms with E-state index in [1.807, 2.05) is 6.07 Å². The summed E-state index contributed by atoms with van der Waals surface area (Å²) in [7, 11) is 0. The van der Waals surface area contributed by atoms with E-state index >= 15 is 0 Å². The van der Waals surface area contributed by atoms with E-state index in [-0.39, 0.29) is 23.1 Å². The van der Waals surface area contributed by atoms with Gasteiger partial charge in [-0.3, -0.25) is 4.79 Å². The van der Waals surface area contributed by atoms with E-state index in [2.05, 4.69) is 26.0 Å². The summed E-state index contributed by atoms with van der Waals surface area (Å²) < 4.78 is 13.8. The predicted octanol–water partition coefficient (Wildman–Crippen LogP) is 5.39. The molecule has 1 aromatic rings. The van der Waals surface area contributed by atoms with Crippen LogP contribution in [0, 0.1) is 22.6 Å². The lowest BCUT2D eigenvalue weighted by atomic mass is 9.53. The average molecular weight is 378 g/mol. The lowest BCUT2D eigenvalue weighted by Crippen LogP contribution is -2.43. The van der Waals surface area contributed by atoms with Crippen LogP contribution in [0.1, 0.15) is 57.9 Å². The van der Waals surface area contributed by atoms with Crippen LogP contribution in [0.4, 0.5) is 4.39 Å². The third-order valence-corrected chi connectivity index (χ3v) is 7.99. The first-order valence-corrected chi connectivity index (χ1v) is 10.5. The van der Waals surface area contributed by atoms with Crippen LogP contribution < -0.4 is 0 Å². The fraction of sp³-hybridized carbons (Fsp3) is 0.480. The molecule has 4 aliphatic rings. The van der Waals surface area contributed by atoms with Gasteiger partial charge in [0.05, 0.1) is 11.5 Å². The second-order valence-corrected chi connectivity index (χ2v) is 9.51. The zero-order chi connectivity index (χ0) is 19.7. The number of aliphatic hydroxyl groups is 1. The molecule has 1 fully saturated rings. The highest BCUT2D eigenvalue weighted by molar-refractivity contribution is 6.28. The Balaban J connectivity index is 1.64. The first-order chi connectivity index (χ1) is 13.3. The maximum Gasteiger partial charge on any atom is 0.173 e. The normalized spacial score (nSPS) is 37.1. The van der Waals surface area contributed by atoms with Crippen LogP contribution in [0.25, 0.3) is 5.57 Å². The highest BCUT2D eigenvalue weighted by Gasteiger charge is 2.53. The van der Waals surface area contributed by atoms with Crippen LogP contribution in [0.3, 0.4) is 0 Å². The number of halogens is 1. The number of carbonyl (C=O) groups is 1. The van der Waals surface area contributed by atoms with E-state index in [1.165, 1.54) is 28.9 Å². The number of aliphatic hydroxyl groups excluding tert-OH is 1. The van der Waals surface area contributed by atoms with Crippen molar-refractivity contribution in [1.82, 2.24) is 0 Å². The molecule has 4 atom stereocenters. The highest BCUT2D eigenvalue weighted by atomic mass is 19.1. The van der Waals surface area contributed by atoms with Crippen LogP contribution >= 0.6 is 0 Å². The zero-order valence-corrected chi connectivity index (χ0v) is 16.6. The van der Waals surface area contributed by atoms with Crippen LogP contribution in [0.2, 0.25) is 0 Å². The molecule has 3 heteroatoms. The third kappa shape index (κ3) is 2.38. The number of allylic oxidation sites excluding steroid dienone is 5. The fourth-order valence-electron chi connectivity index (χ4n) is 6.27. The molecule has 0 aromatic heterocycles. The average Bonchev–Trinajstić information content (AvgIpc) is 2.94. The highest BCUT2D eigenvalue weighted by Crippen LogP contribution is 2.61. The molecule has 28 heavy (non-hydrogen) atoms. The lowest BCUT2D eigenvalue weighted by Gasteiger charge is -2.51. The summed E-state index contributed by atoms with van der Waals surface area (Å²) in [5.41, 5.74) is 4.94. The number of benzene rings is 1. The van der Waals surface area contributed by atoms with Gasteiger partial charge in [0.15, 0.2) is 5.78 Å². The number of fused-ring (bicyclic) bond motifs is 4. The predicted molar refractivity (Wildman–Crippen MR) is 108 cm³/mol. The van der Waals surface area contributed by atoms with E-state index in [4.69, 9.17) is 0 Å². The molecule has 0 spiro atoms. The Kier molecular flexibility index (Phi) is 3.87. The molecule has 4 aliphatic carbocycles. The Morgan fingerprint density at radius 1 is 1.18 bits per heavy atom. The van der Waals surface area contributed by atoms with E-state index < -0.39 is 5.41 Å². The van der Waals surface area contributed by atoms with Crippen molar-refractivity contribution >= 4 is 11.4 Å². The molecule has 0 heterocycles. The van der Waals surface area contributed by atoms with E-state index in [9.17, 15) is 14.3 Å². The van der Waals surface area contributed by atoms with Crippen molar-refractivity contribution in [3.8, 4) is 0 Å². The second-order valence-electron chi connectivity index (χ2n) is 9.51. The first-order valence-electron chi connectivity index (χ1n) is 10.5. The standard InChI is InChI=1S/C25H27FO2/c1-24-10-8-18(27)13-16(24)6-7-19-21(24)9-11-25(2)22(19)14-20(23(25)28)15-4-3-5-17(26)12-15/h3-6,12,14,18,21,27H,7-11,13H2,1-2H3/t18-,21-,24-,25-/m0/s1. The minimum atomic E-state index is -0.483. The Morgan fingerprint density at radius 3 is 2.79 bits per heavy atom. The van der Waals surface area contributed by atoms with Crippen molar-refractivity contribution in [2.24, 2.45) is 16.7 Å². The van der Waals surface area contributed by atoms with Crippen LogP contribution in [0.15, 0.2) is 53.1 Å². The van der Waals surface area contributed by atoms with Crippen LogP contribution in [-0.4, -0.2) is 17.0 Å². The third-order valence-electron chi connectivity index (χ3n) is 7.99. The van der Waals surface area contributed by atoms with Crippen molar-refractivity contribution < 1.29 is 14.3 Å². The molecule has 0 unspecified atom stereocenters. The van der Waals surface area contributed by atoms with Gasteiger partial charge in [-0.05, 0) is 86.1 Å². The summed E-state index contributed by atoms with van der Waals surface area (Å²) in [5, 5.41) is 10.1. The molecular weight excluding hydrogens is 351 g/mol. The molecule has 146 valence electrons. The van der Waals surface area contributed by atoms with Crippen molar-refractivity contribution in [3.63, 3.8) is 0 Å². The van der Waals surface area contributed by atoms with Gasteiger partial charge >= 0.3 is 0 Å². The Bertz CT molecular complexity index is 969. The number of carbonyl (C=O) groups excluding carboxylic acids is 1. The molecule has 1 N–H and O–H groups in total. The molecule has 0 amide bonds. The Morgan fingerprint density at radius 2 is 2.00 bits per heavy atom. The van der Waals surface area contributed by atoms with Gasteiger partial charge in [0, 0.05) is 5.57 Å². The molecule has 5 rings (SSSR count). The van der Waals surface area contributed by atoms with E-state index in [1.54, 1.807) is 6.07 Å². The topological polar surface area (TPSA) is 37.3 Å². The summed E-state index contributed by atoms with van der Waals surface area (Å²) in [6.07, 6.45) is 9.52. The second kappa shape index (κ2) is 6.00. The van der Waals surface area contributed by atoms with Gasteiger partial charge in [0.1, 0.15) is 5.82 Å². The van der Waals surface area contributed by atoms with E-state index in [0.29, 0.717) is 17.1 Å². The number of Topliss-reactive ketones (excluding diaryl/α,β-unsaturated/α-hetero) is 1. The van der Waals surface area contributed by atoms with Crippen LogP contribution in [0.5, 0.6) is 0 Å². The van der Waals surface area contributed by atoms with Gasteiger partial charge in [0.2, 0.25) is 0 Å². The van der Waals surface area contributed by atoms with Gasteiger partial charge in [0.25, 0.3) is 0 Å². The molecule has 0 saturated heterocycles. The van der Waals surface area contributed by atoms with Gasteiger partial charge < -0.3 is 5.11 Å². The number of hydrogen-bond acceptors (Lipinski definition) is 2. The summed E-state index contributed by atoms with van der Waals surface area (Å²) >= 11 is 0. The van der Waals surface area contributed by atoms with Crippen molar-refractivity contribution in [2.45, 2.75) is 58.5 Å². The molecule has 0 radical (unpaired) electrons. The van der Waals surface area contributed by atoms with Crippen molar-refractivity contribution in [1.29, 1.82) is 0 Å². The Labute approximate surface area is 165 Å². The number of ketones is 1. The molecule has 1 aromatic carbocycles. The van der Waals surface area contributed by atoms with Crippen molar-refractivity contribution in [2.75, 3.05) is 0 Å². The van der Waals surface area contributed by atoms with E-state index in [0.717, 1.165) is 38.5 Å². The maximum atomic E-state index is 13.8. The zero-order valence-electron chi connectivity index (χ0n) is 16.6. The van der Waals surface area contributed by atoms with Gasteiger partial charge in [-0.1, -0.05) is 36.3 Å². The molecular formula is C25H27FO2. The molecule has 2 nitrogen and oxygen atoms in total. The molecule has 1 saturated carbocycles. The number of rotatable bonds is 1.